The fourth-order valence-corrected chi connectivity index (χ4v) is 3.29. The summed E-state index contributed by atoms with van der Waals surface area (Å²) in [6.07, 6.45) is 3.33. The van der Waals surface area contributed by atoms with Crippen LogP contribution in [0, 0.1) is 11.3 Å². The lowest BCUT2D eigenvalue weighted by Gasteiger charge is -2.23. The summed E-state index contributed by atoms with van der Waals surface area (Å²) in [6, 6.07) is -0.142. The molecule has 2 amide bonds. The molecule has 0 bridgehead atoms. The van der Waals surface area contributed by atoms with Gasteiger partial charge in [0.2, 0.25) is 0 Å². The quantitative estimate of drug-likeness (QED) is 0.763. The van der Waals surface area contributed by atoms with Crippen LogP contribution < -0.4 is 5.32 Å². The van der Waals surface area contributed by atoms with E-state index in [9.17, 15) is 14.7 Å². The minimum Gasteiger partial charge on any atom is -0.481 e. The van der Waals surface area contributed by atoms with Crippen LogP contribution in [-0.2, 0) is 4.79 Å². The van der Waals surface area contributed by atoms with E-state index in [-0.39, 0.29) is 11.9 Å². The summed E-state index contributed by atoms with van der Waals surface area (Å²) < 4.78 is 0. The standard InChI is InChI=1S/C14H22N2O3/c1-10(2)5-7-15-13(19)16-8-11-4-3-6-14(11,9-16)12(17)18/h11H,1,3-9H2,2H3,(H,15,19)(H,17,18)/t11-,14+/m0/s1. The van der Waals surface area contributed by atoms with E-state index in [2.05, 4.69) is 11.9 Å². The van der Waals surface area contributed by atoms with Gasteiger partial charge < -0.3 is 15.3 Å². The van der Waals surface area contributed by atoms with Gasteiger partial charge in [0.15, 0.2) is 0 Å². The number of aliphatic carboxylic acids is 1. The van der Waals surface area contributed by atoms with Gasteiger partial charge in [-0.1, -0.05) is 12.0 Å². The van der Waals surface area contributed by atoms with E-state index in [0.29, 0.717) is 26.1 Å². The van der Waals surface area contributed by atoms with Crippen LogP contribution in [0.4, 0.5) is 4.79 Å². The molecule has 5 nitrogen and oxygen atoms in total. The van der Waals surface area contributed by atoms with Crippen molar-refractivity contribution in [2.75, 3.05) is 19.6 Å². The van der Waals surface area contributed by atoms with Gasteiger partial charge in [0.1, 0.15) is 0 Å². The number of likely N-dealkylation sites (tertiary alicyclic amines) is 1. The molecule has 1 saturated carbocycles. The predicted molar refractivity (Wildman–Crippen MR) is 71.8 cm³/mol. The van der Waals surface area contributed by atoms with Crippen molar-refractivity contribution < 1.29 is 14.7 Å². The number of hydrogen-bond acceptors (Lipinski definition) is 2. The molecule has 0 radical (unpaired) electrons. The molecule has 1 aliphatic carbocycles. The molecule has 2 aliphatic rings. The van der Waals surface area contributed by atoms with E-state index in [1.807, 2.05) is 6.92 Å². The number of amides is 2. The molecule has 1 saturated heterocycles. The summed E-state index contributed by atoms with van der Waals surface area (Å²) >= 11 is 0. The zero-order valence-electron chi connectivity index (χ0n) is 11.4. The van der Waals surface area contributed by atoms with Gasteiger partial charge >= 0.3 is 12.0 Å². The maximum atomic E-state index is 12.0. The Morgan fingerprint density at radius 3 is 2.84 bits per heavy atom. The van der Waals surface area contributed by atoms with Crippen LogP contribution in [0.3, 0.4) is 0 Å². The van der Waals surface area contributed by atoms with Crippen LogP contribution >= 0.6 is 0 Å². The van der Waals surface area contributed by atoms with Gasteiger partial charge in [-0.25, -0.2) is 4.79 Å². The van der Waals surface area contributed by atoms with Gasteiger partial charge in [-0.15, -0.1) is 6.58 Å². The summed E-state index contributed by atoms with van der Waals surface area (Å²) in [6.45, 7) is 7.20. The number of carbonyl (C=O) groups is 2. The molecule has 2 atom stereocenters. The summed E-state index contributed by atoms with van der Waals surface area (Å²) in [4.78, 5) is 25.2. The molecule has 106 valence electrons. The van der Waals surface area contributed by atoms with E-state index in [1.54, 1.807) is 4.90 Å². The number of carboxylic acids is 1. The summed E-state index contributed by atoms with van der Waals surface area (Å²) in [5.74, 6) is -0.621. The highest BCUT2D eigenvalue weighted by Crippen LogP contribution is 2.48. The van der Waals surface area contributed by atoms with E-state index in [1.165, 1.54) is 0 Å². The third-order valence-electron chi connectivity index (χ3n) is 4.41. The van der Waals surface area contributed by atoms with Crippen molar-refractivity contribution in [2.45, 2.75) is 32.6 Å². The molecule has 2 rings (SSSR count). The van der Waals surface area contributed by atoms with Crippen LogP contribution in [0.25, 0.3) is 0 Å². The first-order valence-electron chi connectivity index (χ1n) is 6.86. The van der Waals surface area contributed by atoms with Gasteiger partial charge in [0.05, 0.1) is 5.41 Å². The maximum Gasteiger partial charge on any atom is 0.317 e. The third kappa shape index (κ3) is 2.60. The largest absolute Gasteiger partial charge is 0.481 e. The monoisotopic (exact) mass is 266 g/mol. The fourth-order valence-electron chi connectivity index (χ4n) is 3.29. The van der Waals surface area contributed by atoms with Crippen molar-refractivity contribution in [3.8, 4) is 0 Å². The number of hydrogen-bond donors (Lipinski definition) is 2. The Hall–Kier alpha value is -1.52. The summed E-state index contributed by atoms with van der Waals surface area (Å²) in [5.41, 5.74) is 0.340. The van der Waals surface area contributed by atoms with Crippen LogP contribution in [0.1, 0.15) is 32.6 Å². The van der Waals surface area contributed by atoms with Crippen molar-refractivity contribution in [1.29, 1.82) is 0 Å². The average molecular weight is 266 g/mol. The number of carbonyl (C=O) groups excluding carboxylic acids is 1. The Balaban J connectivity index is 1.92. The Kier molecular flexibility index (Phi) is 3.83. The molecule has 0 aromatic heterocycles. The lowest BCUT2D eigenvalue weighted by Crippen LogP contribution is -2.42. The first-order chi connectivity index (χ1) is 8.95. The van der Waals surface area contributed by atoms with E-state index in [0.717, 1.165) is 24.8 Å². The number of nitrogens with zero attached hydrogens (tertiary/aromatic N) is 1. The highest BCUT2D eigenvalue weighted by molar-refractivity contribution is 5.80. The van der Waals surface area contributed by atoms with Crippen molar-refractivity contribution >= 4 is 12.0 Å². The normalized spacial score (nSPS) is 29.1. The lowest BCUT2D eigenvalue weighted by molar-refractivity contribution is -0.149. The van der Waals surface area contributed by atoms with Gasteiger partial charge in [-0.3, -0.25) is 4.79 Å². The molecular weight excluding hydrogens is 244 g/mol. The number of fused-ring (bicyclic) bond motifs is 1. The zero-order valence-corrected chi connectivity index (χ0v) is 11.4. The molecule has 19 heavy (non-hydrogen) atoms. The molecule has 0 spiro atoms. The topological polar surface area (TPSA) is 69.6 Å². The first-order valence-corrected chi connectivity index (χ1v) is 6.86. The zero-order chi connectivity index (χ0) is 14.0. The first kappa shape index (κ1) is 13.9. The van der Waals surface area contributed by atoms with Crippen molar-refractivity contribution in [3.05, 3.63) is 12.2 Å². The third-order valence-corrected chi connectivity index (χ3v) is 4.41. The van der Waals surface area contributed by atoms with Crippen LogP contribution in [-0.4, -0.2) is 41.6 Å². The molecule has 0 aromatic rings. The second kappa shape index (κ2) is 5.23. The number of carboxylic acid groups (broad SMARTS) is 1. The summed E-state index contributed by atoms with van der Waals surface area (Å²) in [7, 11) is 0. The van der Waals surface area contributed by atoms with E-state index in [4.69, 9.17) is 0 Å². The van der Waals surface area contributed by atoms with Crippen LogP contribution in [0.15, 0.2) is 12.2 Å². The van der Waals surface area contributed by atoms with Gasteiger partial charge in [-0.2, -0.15) is 0 Å². The number of nitrogens with one attached hydrogen (secondary N) is 1. The van der Waals surface area contributed by atoms with Crippen molar-refractivity contribution in [3.63, 3.8) is 0 Å². The smallest absolute Gasteiger partial charge is 0.317 e. The molecule has 0 aromatic carbocycles. The molecular formula is C14H22N2O3. The van der Waals surface area contributed by atoms with Gasteiger partial charge in [0, 0.05) is 19.6 Å². The van der Waals surface area contributed by atoms with Crippen LogP contribution in [0.5, 0.6) is 0 Å². The second-order valence-electron chi connectivity index (χ2n) is 5.87. The SMILES string of the molecule is C=C(C)CCNC(=O)N1C[C@@H]2CCC[C@@]2(C(=O)O)C1. The second-order valence-corrected chi connectivity index (χ2v) is 5.87. The van der Waals surface area contributed by atoms with Crippen molar-refractivity contribution in [1.82, 2.24) is 10.2 Å². The maximum absolute atomic E-state index is 12.0. The Bertz CT molecular complexity index is 407. The molecule has 1 heterocycles. The van der Waals surface area contributed by atoms with Gasteiger partial charge in [-0.05, 0) is 32.1 Å². The van der Waals surface area contributed by atoms with Gasteiger partial charge in [0.25, 0.3) is 0 Å². The molecule has 1 aliphatic heterocycles. The highest BCUT2D eigenvalue weighted by Gasteiger charge is 2.55. The Morgan fingerprint density at radius 2 is 2.26 bits per heavy atom. The minimum absolute atomic E-state index is 0.122. The van der Waals surface area contributed by atoms with E-state index < -0.39 is 11.4 Å². The fraction of sp³-hybridized carbons (Fsp3) is 0.714. The predicted octanol–water partition coefficient (Wildman–Crippen LogP) is 1.85. The lowest BCUT2D eigenvalue weighted by atomic mass is 9.81. The minimum atomic E-state index is -0.743. The molecule has 2 N–H and O–H groups in total. The number of urea groups is 1. The van der Waals surface area contributed by atoms with E-state index >= 15 is 0 Å². The Morgan fingerprint density at radius 1 is 1.53 bits per heavy atom. The Labute approximate surface area is 113 Å². The summed E-state index contributed by atoms with van der Waals surface area (Å²) in [5, 5.41) is 12.3. The highest BCUT2D eigenvalue weighted by atomic mass is 16.4. The van der Waals surface area contributed by atoms with Crippen LogP contribution in [0.2, 0.25) is 0 Å². The molecule has 0 unspecified atom stereocenters. The number of rotatable bonds is 4. The van der Waals surface area contributed by atoms with Crippen molar-refractivity contribution in [2.24, 2.45) is 11.3 Å². The molecule has 2 fully saturated rings. The average Bonchev–Trinajstić information content (AvgIpc) is 2.84. The molecule has 5 heteroatoms.